The van der Waals surface area contributed by atoms with Crippen LogP contribution in [0.5, 0.6) is 23.4 Å². The van der Waals surface area contributed by atoms with Gasteiger partial charge in [0.05, 0.1) is 24.1 Å². The molecule has 1 aliphatic carbocycles. The fourth-order valence-electron chi connectivity index (χ4n) is 5.56. The number of ether oxygens (including phenoxy) is 5. The highest BCUT2D eigenvalue weighted by atomic mass is 35.5. The molecule has 10 heteroatoms. The van der Waals surface area contributed by atoms with Crippen LogP contribution >= 0.6 is 11.6 Å². The van der Waals surface area contributed by atoms with E-state index in [1.165, 1.54) is 0 Å². The molecule has 0 saturated heterocycles. The first-order valence-electron chi connectivity index (χ1n) is 14.7. The fraction of sp³-hybridized carbons (Fsp3) is 0.314. The van der Waals surface area contributed by atoms with Gasteiger partial charge < -0.3 is 28.6 Å². The molecule has 0 N–H and O–H groups in total. The summed E-state index contributed by atoms with van der Waals surface area (Å²) in [5, 5.41) is 2.20. The molecule has 0 radical (unpaired) electrons. The zero-order chi connectivity index (χ0) is 31.6. The Morgan fingerprint density at radius 3 is 2.38 bits per heavy atom. The monoisotopic (exact) mass is 631 g/mol. The molecular weight excluding hydrogens is 597 g/mol. The van der Waals surface area contributed by atoms with E-state index in [1.54, 1.807) is 26.4 Å². The second kappa shape index (κ2) is 13.0. The summed E-state index contributed by atoms with van der Waals surface area (Å²) in [7, 11) is 7.23. The highest BCUT2D eigenvalue weighted by Gasteiger charge is 2.44. The zero-order valence-electron chi connectivity index (χ0n) is 25.7. The Morgan fingerprint density at radius 1 is 0.889 bits per heavy atom. The molecule has 4 aromatic carbocycles. The molecule has 0 bridgehead atoms. The van der Waals surface area contributed by atoms with Gasteiger partial charge in [-0.15, -0.1) is 0 Å². The number of halogens is 2. The fourth-order valence-corrected chi connectivity index (χ4v) is 5.85. The van der Waals surface area contributed by atoms with Crippen molar-refractivity contribution >= 4 is 33.3 Å². The second-order valence-corrected chi connectivity index (χ2v) is 12.1. The van der Waals surface area contributed by atoms with Crippen LogP contribution in [0.15, 0.2) is 66.7 Å². The average Bonchev–Trinajstić information content (AvgIpc) is 3.80. The van der Waals surface area contributed by atoms with Crippen LogP contribution in [0.3, 0.4) is 0 Å². The van der Waals surface area contributed by atoms with Gasteiger partial charge in [-0.05, 0) is 79.2 Å². The Morgan fingerprint density at radius 2 is 1.67 bits per heavy atom. The Bertz CT molecular complexity index is 1830. The summed E-state index contributed by atoms with van der Waals surface area (Å²) >= 11 is 6.87. The maximum atomic E-state index is 16.8. The van der Waals surface area contributed by atoms with E-state index in [0.29, 0.717) is 23.3 Å². The first-order chi connectivity index (χ1) is 21.8. The number of fused-ring (bicyclic) bond motifs is 2. The van der Waals surface area contributed by atoms with Crippen molar-refractivity contribution in [1.29, 1.82) is 0 Å². The van der Waals surface area contributed by atoms with Crippen LogP contribution in [0.1, 0.15) is 18.4 Å². The Labute approximate surface area is 266 Å². The summed E-state index contributed by atoms with van der Waals surface area (Å²) in [6.45, 7) is 1.53. The van der Waals surface area contributed by atoms with E-state index in [4.69, 9.17) is 35.3 Å². The van der Waals surface area contributed by atoms with Crippen LogP contribution in [0, 0.1) is 11.2 Å². The molecule has 5 aromatic rings. The van der Waals surface area contributed by atoms with Crippen LogP contribution in [0.2, 0.25) is 5.02 Å². The van der Waals surface area contributed by atoms with Crippen molar-refractivity contribution in [2.45, 2.75) is 19.4 Å². The third-order valence-corrected chi connectivity index (χ3v) is 8.22. The number of rotatable bonds is 13. The van der Waals surface area contributed by atoms with Gasteiger partial charge >= 0.3 is 6.01 Å². The van der Waals surface area contributed by atoms with Crippen molar-refractivity contribution in [2.75, 3.05) is 48.3 Å². The highest BCUT2D eigenvalue weighted by Crippen LogP contribution is 2.47. The first kappa shape index (κ1) is 30.8. The van der Waals surface area contributed by atoms with Gasteiger partial charge in [0.1, 0.15) is 23.6 Å². The second-order valence-electron chi connectivity index (χ2n) is 11.7. The van der Waals surface area contributed by atoms with Gasteiger partial charge in [-0.2, -0.15) is 9.97 Å². The van der Waals surface area contributed by atoms with E-state index in [0.717, 1.165) is 41.5 Å². The highest BCUT2D eigenvalue weighted by molar-refractivity contribution is 6.34. The van der Waals surface area contributed by atoms with E-state index in [-0.39, 0.29) is 46.8 Å². The molecule has 1 aromatic heterocycles. The van der Waals surface area contributed by atoms with Crippen molar-refractivity contribution in [1.82, 2.24) is 14.9 Å². The smallest absolute Gasteiger partial charge is 0.320 e. The number of aromatic nitrogens is 2. The van der Waals surface area contributed by atoms with Gasteiger partial charge in [0.15, 0.2) is 12.6 Å². The number of hydrogen-bond acceptors (Lipinski definition) is 8. The van der Waals surface area contributed by atoms with Gasteiger partial charge in [-0.1, -0.05) is 48.0 Å². The van der Waals surface area contributed by atoms with Crippen molar-refractivity contribution in [2.24, 2.45) is 5.41 Å². The summed E-state index contributed by atoms with van der Waals surface area (Å²) < 4.78 is 45.3. The van der Waals surface area contributed by atoms with Gasteiger partial charge in [0.25, 0.3) is 0 Å². The standard InChI is InChI=1S/C35H35ClFN3O5/c1-40(2)19-35(13-14-35)20-44-34-38-32-28(33(39-34)43-18-22-9-11-24(42-4)12-10-22)17-29(36)30(31(32)37)27-16-25(45-21-41-3)15-23-7-5-6-8-26(23)27/h5-12,15-17H,13-14,18-21H2,1-4H3. The third-order valence-electron chi connectivity index (χ3n) is 7.93. The molecule has 0 aliphatic heterocycles. The van der Waals surface area contributed by atoms with E-state index in [2.05, 4.69) is 14.9 Å². The summed E-state index contributed by atoms with van der Waals surface area (Å²) in [4.78, 5) is 11.3. The molecule has 0 atom stereocenters. The van der Waals surface area contributed by atoms with Crippen molar-refractivity contribution < 1.29 is 28.1 Å². The Balaban J connectivity index is 1.45. The molecule has 1 aliphatic rings. The lowest BCUT2D eigenvalue weighted by atomic mass is 9.96. The molecule has 234 valence electrons. The van der Waals surface area contributed by atoms with E-state index in [1.807, 2.05) is 68.7 Å². The molecule has 8 nitrogen and oxygen atoms in total. The first-order valence-corrected chi connectivity index (χ1v) is 15.0. The summed E-state index contributed by atoms with van der Waals surface area (Å²) in [6, 6.07) is 20.5. The average molecular weight is 632 g/mol. The van der Waals surface area contributed by atoms with Crippen molar-refractivity contribution in [3.05, 3.63) is 83.1 Å². The maximum absolute atomic E-state index is 16.8. The molecule has 6 rings (SSSR count). The van der Waals surface area contributed by atoms with E-state index < -0.39 is 5.82 Å². The van der Waals surface area contributed by atoms with Crippen molar-refractivity contribution in [3.63, 3.8) is 0 Å². The molecule has 1 fully saturated rings. The molecule has 0 amide bonds. The summed E-state index contributed by atoms with van der Waals surface area (Å²) in [5.41, 5.74) is 1.72. The van der Waals surface area contributed by atoms with Crippen LogP contribution < -0.4 is 18.9 Å². The molecule has 0 unspecified atom stereocenters. The van der Waals surface area contributed by atoms with Crippen LogP contribution in [0.4, 0.5) is 4.39 Å². The minimum Gasteiger partial charge on any atom is -0.497 e. The molecular formula is C35H35ClFN3O5. The zero-order valence-corrected chi connectivity index (χ0v) is 26.5. The minimum atomic E-state index is -0.609. The van der Waals surface area contributed by atoms with Crippen LogP contribution in [0.25, 0.3) is 32.8 Å². The molecule has 1 heterocycles. The number of hydrogen-bond donors (Lipinski definition) is 0. The van der Waals surface area contributed by atoms with Gasteiger partial charge in [0.2, 0.25) is 5.88 Å². The predicted octanol–water partition coefficient (Wildman–Crippen LogP) is 7.53. The number of nitrogens with zero attached hydrogens (tertiary/aromatic N) is 3. The Hall–Kier alpha value is -4.18. The van der Waals surface area contributed by atoms with Gasteiger partial charge in [-0.25, -0.2) is 4.39 Å². The van der Waals surface area contributed by atoms with E-state index >= 15 is 4.39 Å². The largest absolute Gasteiger partial charge is 0.497 e. The number of benzene rings is 4. The number of methoxy groups -OCH3 is 2. The third kappa shape index (κ3) is 6.76. The van der Waals surface area contributed by atoms with E-state index in [9.17, 15) is 0 Å². The van der Waals surface area contributed by atoms with Gasteiger partial charge in [0, 0.05) is 24.6 Å². The summed E-state index contributed by atoms with van der Waals surface area (Å²) in [6.07, 6.45) is 2.09. The lowest BCUT2D eigenvalue weighted by molar-refractivity contribution is 0.0512. The lowest BCUT2D eigenvalue weighted by Crippen LogP contribution is -2.28. The molecule has 45 heavy (non-hydrogen) atoms. The minimum absolute atomic E-state index is 0.0250. The molecule has 0 spiro atoms. The summed E-state index contributed by atoms with van der Waals surface area (Å²) in [5.74, 6) is 0.825. The van der Waals surface area contributed by atoms with Crippen LogP contribution in [-0.2, 0) is 11.3 Å². The predicted molar refractivity (Wildman–Crippen MR) is 173 cm³/mol. The molecule has 1 saturated carbocycles. The SMILES string of the molecule is COCOc1cc(-c2c(Cl)cc3c(OCc4ccc(OC)cc4)nc(OCC4(CN(C)C)CC4)nc3c2F)c2ccccc2c1. The normalized spacial score (nSPS) is 13.8. The van der Waals surface area contributed by atoms with Crippen molar-refractivity contribution in [3.8, 4) is 34.5 Å². The Kier molecular flexibility index (Phi) is 8.94. The lowest BCUT2D eigenvalue weighted by Gasteiger charge is -2.20. The van der Waals surface area contributed by atoms with Crippen LogP contribution in [-0.4, -0.2) is 63.1 Å². The topological polar surface area (TPSA) is 75.2 Å². The quantitative estimate of drug-likeness (QED) is 0.123. The maximum Gasteiger partial charge on any atom is 0.320 e. The van der Waals surface area contributed by atoms with Gasteiger partial charge in [-0.3, -0.25) is 0 Å².